The van der Waals surface area contributed by atoms with Crippen molar-refractivity contribution in [2.75, 3.05) is 5.32 Å². The monoisotopic (exact) mass is 277 g/mol. The fraction of sp³-hybridized carbons (Fsp3) is 0.200. The number of anilines is 1. The van der Waals surface area contributed by atoms with Crippen molar-refractivity contribution in [1.29, 1.82) is 0 Å². The van der Waals surface area contributed by atoms with Gasteiger partial charge in [0, 0.05) is 10.7 Å². The highest BCUT2D eigenvalue weighted by Crippen LogP contribution is 2.36. The van der Waals surface area contributed by atoms with E-state index < -0.39 is 0 Å². The van der Waals surface area contributed by atoms with Gasteiger partial charge in [-0.2, -0.15) is 0 Å². The first-order valence-corrected chi connectivity index (χ1v) is 6.54. The third-order valence-electron chi connectivity index (χ3n) is 3.41. The molecule has 0 fully saturated rings. The standard InChI is InChI=1S/C15H13ClFNO/c16-10-6-11(17)8-12(7-10)18-15-4-1-9-5-13(19)2-3-14(9)15/h2-3,5-8,15,18-19H,1,4H2. The van der Waals surface area contributed by atoms with Crippen LogP contribution in [0.1, 0.15) is 23.6 Å². The maximum atomic E-state index is 13.3. The van der Waals surface area contributed by atoms with Gasteiger partial charge in [0.15, 0.2) is 0 Å². The summed E-state index contributed by atoms with van der Waals surface area (Å²) in [6.45, 7) is 0. The van der Waals surface area contributed by atoms with Crippen LogP contribution in [0.3, 0.4) is 0 Å². The van der Waals surface area contributed by atoms with Gasteiger partial charge in [-0.15, -0.1) is 0 Å². The van der Waals surface area contributed by atoms with E-state index in [1.165, 1.54) is 12.1 Å². The van der Waals surface area contributed by atoms with Crippen LogP contribution >= 0.6 is 11.6 Å². The molecule has 0 amide bonds. The Labute approximate surface area is 115 Å². The Morgan fingerprint density at radius 1 is 1.21 bits per heavy atom. The van der Waals surface area contributed by atoms with E-state index in [2.05, 4.69) is 5.32 Å². The number of hydrogen-bond acceptors (Lipinski definition) is 2. The number of phenols is 1. The van der Waals surface area contributed by atoms with Gasteiger partial charge >= 0.3 is 0 Å². The molecule has 1 unspecified atom stereocenters. The summed E-state index contributed by atoms with van der Waals surface area (Å²) >= 11 is 5.84. The average Bonchev–Trinajstić information content (AvgIpc) is 2.70. The molecule has 4 heteroatoms. The Balaban J connectivity index is 1.86. The van der Waals surface area contributed by atoms with E-state index >= 15 is 0 Å². The molecular formula is C15H13ClFNO. The summed E-state index contributed by atoms with van der Waals surface area (Å²) in [5.74, 6) is -0.0628. The van der Waals surface area contributed by atoms with Crippen LogP contribution < -0.4 is 5.32 Å². The van der Waals surface area contributed by atoms with Crippen molar-refractivity contribution in [2.45, 2.75) is 18.9 Å². The molecule has 1 aliphatic rings. The van der Waals surface area contributed by atoms with Crippen molar-refractivity contribution in [3.05, 3.63) is 58.4 Å². The zero-order chi connectivity index (χ0) is 13.4. The lowest BCUT2D eigenvalue weighted by Gasteiger charge is -2.16. The molecule has 2 aromatic carbocycles. The highest BCUT2D eigenvalue weighted by atomic mass is 35.5. The van der Waals surface area contributed by atoms with E-state index in [-0.39, 0.29) is 17.6 Å². The van der Waals surface area contributed by atoms with Gasteiger partial charge in [-0.25, -0.2) is 4.39 Å². The molecule has 2 nitrogen and oxygen atoms in total. The van der Waals surface area contributed by atoms with Crippen molar-refractivity contribution in [3.63, 3.8) is 0 Å². The van der Waals surface area contributed by atoms with E-state index in [1.54, 1.807) is 18.2 Å². The van der Waals surface area contributed by atoms with Gasteiger partial charge in [0.1, 0.15) is 11.6 Å². The maximum absolute atomic E-state index is 13.3. The van der Waals surface area contributed by atoms with Gasteiger partial charge in [0.25, 0.3) is 0 Å². The summed E-state index contributed by atoms with van der Waals surface area (Å²) in [5.41, 5.74) is 2.97. The lowest BCUT2D eigenvalue weighted by molar-refractivity contribution is 0.474. The smallest absolute Gasteiger partial charge is 0.126 e. The average molecular weight is 278 g/mol. The summed E-state index contributed by atoms with van der Waals surface area (Å²) in [6.07, 6.45) is 1.83. The van der Waals surface area contributed by atoms with Crippen molar-refractivity contribution >= 4 is 17.3 Å². The van der Waals surface area contributed by atoms with Gasteiger partial charge in [-0.05, 0) is 54.3 Å². The largest absolute Gasteiger partial charge is 0.508 e. The van der Waals surface area contributed by atoms with Crippen molar-refractivity contribution in [2.24, 2.45) is 0 Å². The van der Waals surface area contributed by atoms with Crippen molar-refractivity contribution in [1.82, 2.24) is 0 Å². The summed E-state index contributed by atoms with van der Waals surface area (Å²) in [4.78, 5) is 0. The van der Waals surface area contributed by atoms with Crippen LogP contribution in [0.25, 0.3) is 0 Å². The van der Waals surface area contributed by atoms with Crippen molar-refractivity contribution < 1.29 is 9.50 Å². The number of fused-ring (bicyclic) bond motifs is 1. The minimum Gasteiger partial charge on any atom is -0.508 e. The van der Waals surface area contributed by atoms with Crippen LogP contribution in [0.2, 0.25) is 5.02 Å². The molecule has 98 valence electrons. The van der Waals surface area contributed by atoms with E-state index in [0.29, 0.717) is 10.7 Å². The molecule has 1 aliphatic carbocycles. The molecule has 2 N–H and O–H groups in total. The SMILES string of the molecule is Oc1ccc2c(c1)CCC2Nc1cc(F)cc(Cl)c1. The van der Waals surface area contributed by atoms with Crippen LogP contribution in [0.15, 0.2) is 36.4 Å². The molecule has 0 spiro atoms. The topological polar surface area (TPSA) is 32.3 Å². The zero-order valence-electron chi connectivity index (χ0n) is 10.2. The molecule has 0 radical (unpaired) electrons. The first-order chi connectivity index (χ1) is 9.11. The van der Waals surface area contributed by atoms with Gasteiger partial charge in [0.05, 0.1) is 6.04 Å². The zero-order valence-corrected chi connectivity index (χ0v) is 10.9. The third kappa shape index (κ3) is 2.51. The lowest BCUT2D eigenvalue weighted by Crippen LogP contribution is -2.07. The summed E-state index contributed by atoms with van der Waals surface area (Å²) in [7, 11) is 0. The lowest BCUT2D eigenvalue weighted by atomic mass is 10.1. The molecule has 3 rings (SSSR count). The van der Waals surface area contributed by atoms with Gasteiger partial charge in [-0.1, -0.05) is 17.7 Å². The Kier molecular flexibility index (Phi) is 3.07. The summed E-state index contributed by atoms with van der Waals surface area (Å²) in [5, 5.41) is 13.1. The molecule has 0 saturated heterocycles. The third-order valence-corrected chi connectivity index (χ3v) is 3.63. The summed E-state index contributed by atoms with van der Waals surface area (Å²) < 4.78 is 13.3. The Morgan fingerprint density at radius 2 is 2.05 bits per heavy atom. The number of benzene rings is 2. The van der Waals surface area contributed by atoms with Crippen molar-refractivity contribution in [3.8, 4) is 5.75 Å². The first-order valence-electron chi connectivity index (χ1n) is 6.16. The van der Waals surface area contributed by atoms with Gasteiger partial charge in [-0.3, -0.25) is 0 Å². The Morgan fingerprint density at radius 3 is 2.84 bits per heavy atom. The number of phenolic OH excluding ortho intramolecular Hbond substituents is 1. The van der Waals surface area contributed by atoms with E-state index in [9.17, 15) is 9.50 Å². The van der Waals surface area contributed by atoms with Gasteiger partial charge in [0.2, 0.25) is 0 Å². The molecule has 0 heterocycles. The summed E-state index contributed by atoms with van der Waals surface area (Å²) in [6, 6.07) is 9.94. The number of rotatable bonds is 2. The second kappa shape index (κ2) is 4.74. The highest BCUT2D eigenvalue weighted by molar-refractivity contribution is 6.30. The second-order valence-electron chi connectivity index (χ2n) is 4.78. The first kappa shape index (κ1) is 12.3. The van der Waals surface area contributed by atoms with Crippen LogP contribution in [0, 0.1) is 5.82 Å². The Hall–Kier alpha value is -1.74. The molecule has 0 saturated carbocycles. The molecule has 0 bridgehead atoms. The Bertz CT molecular complexity index is 609. The number of hydrogen-bond donors (Lipinski definition) is 2. The number of halogens is 2. The molecule has 0 aromatic heterocycles. The second-order valence-corrected chi connectivity index (χ2v) is 5.21. The van der Waals surface area contributed by atoms with Crippen LogP contribution in [0.4, 0.5) is 10.1 Å². The van der Waals surface area contributed by atoms with E-state index in [0.717, 1.165) is 24.0 Å². The van der Waals surface area contributed by atoms with Crippen LogP contribution in [0.5, 0.6) is 5.75 Å². The van der Waals surface area contributed by atoms with E-state index in [1.807, 2.05) is 6.07 Å². The quantitative estimate of drug-likeness (QED) is 0.858. The predicted octanol–water partition coefficient (Wildman–Crippen LogP) is 4.28. The van der Waals surface area contributed by atoms with Crippen LogP contribution in [-0.4, -0.2) is 5.11 Å². The molecule has 1 atom stereocenters. The number of nitrogens with one attached hydrogen (secondary N) is 1. The van der Waals surface area contributed by atoms with Gasteiger partial charge < -0.3 is 10.4 Å². The minimum atomic E-state index is -0.348. The fourth-order valence-electron chi connectivity index (χ4n) is 2.59. The highest BCUT2D eigenvalue weighted by Gasteiger charge is 2.22. The molecule has 0 aliphatic heterocycles. The maximum Gasteiger partial charge on any atom is 0.126 e. The predicted molar refractivity (Wildman–Crippen MR) is 74.2 cm³/mol. The minimum absolute atomic E-state index is 0.133. The number of aromatic hydroxyl groups is 1. The molecule has 2 aromatic rings. The normalized spacial score (nSPS) is 17.3. The molecular weight excluding hydrogens is 265 g/mol. The van der Waals surface area contributed by atoms with E-state index in [4.69, 9.17) is 11.6 Å². The fourth-order valence-corrected chi connectivity index (χ4v) is 2.81. The van der Waals surface area contributed by atoms with Crippen LogP contribution in [-0.2, 0) is 6.42 Å². The number of aryl methyl sites for hydroxylation is 1. The molecule has 19 heavy (non-hydrogen) atoms.